The van der Waals surface area contributed by atoms with E-state index in [0.29, 0.717) is 19.0 Å². The molecule has 5 nitrogen and oxygen atoms in total. The maximum absolute atomic E-state index is 13.0. The Hall–Kier alpha value is -2.09. The number of nitrogens with zero attached hydrogens (tertiary/aromatic N) is 1. The van der Waals surface area contributed by atoms with Crippen molar-refractivity contribution in [2.75, 3.05) is 32.0 Å². The molecule has 2 N–H and O–H groups in total. The molecule has 1 aliphatic heterocycles. The minimum absolute atomic E-state index is 0.0355. The Morgan fingerprint density at radius 2 is 2.00 bits per heavy atom. The van der Waals surface area contributed by atoms with Crippen LogP contribution in [0.2, 0.25) is 0 Å². The van der Waals surface area contributed by atoms with E-state index in [1.54, 1.807) is 4.90 Å². The molecule has 1 saturated heterocycles. The molecule has 24 heavy (non-hydrogen) atoms. The van der Waals surface area contributed by atoms with Gasteiger partial charge >= 0.3 is 6.18 Å². The molecule has 0 aromatic heterocycles. The van der Waals surface area contributed by atoms with E-state index in [2.05, 4.69) is 10.6 Å². The SMILES string of the molecule is CNCC1CCN(C(=O)c2cc(NC(C)=O)cc(C(F)(F)F)c2)C1. The zero-order chi connectivity index (χ0) is 17.9. The summed E-state index contributed by atoms with van der Waals surface area (Å²) in [6.07, 6.45) is -3.78. The first-order chi connectivity index (χ1) is 11.2. The normalized spacial score (nSPS) is 17.9. The smallest absolute Gasteiger partial charge is 0.338 e. The van der Waals surface area contributed by atoms with Crippen LogP contribution in [0.15, 0.2) is 18.2 Å². The van der Waals surface area contributed by atoms with E-state index in [4.69, 9.17) is 0 Å². The van der Waals surface area contributed by atoms with Crippen molar-refractivity contribution in [1.29, 1.82) is 0 Å². The summed E-state index contributed by atoms with van der Waals surface area (Å²) in [6.45, 7) is 2.97. The predicted molar refractivity (Wildman–Crippen MR) is 83.7 cm³/mol. The molecule has 0 radical (unpaired) electrons. The predicted octanol–water partition coefficient (Wildman–Crippen LogP) is 2.35. The van der Waals surface area contributed by atoms with E-state index in [0.717, 1.165) is 25.1 Å². The average molecular weight is 343 g/mol. The van der Waals surface area contributed by atoms with Gasteiger partial charge in [0, 0.05) is 31.3 Å². The number of halogens is 3. The highest BCUT2D eigenvalue weighted by Crippen LogP contribution is 2.32. The largest absolute Gasteiger partial charge is 0.416 e. The van der Waals surface area contributed by atoms with Crippen LogP contribution >= 0.6 is 0 Å². The zero-order valence-corrected chi connectivity index (χ0v) is 13.5. The van der Waals surface area contributed by atoms with Crippen LogP contribution in [0.1, 0.15) is 29.3 Å². The average Bonchev–Trinajstić information content (AvgIpc) is 2.93. The third-order valence-corrected chi connectivity index (χ3v) is 3.89. The minimum atomic E-state index is -4.59. The first-order valence-electron chi connectivity index (χ1n) is 7.64. The van der Waals surface area contributed by atoms with Crippen LogP contribution in [0.4, 0.5) is 18.9 Å². The number of nitrogens with one attached hydrogen (secondary N) is 2. The summed E-state index contributed by atoms with van der Waals surface area (Å²) >= 11 is 0. The molecule has 1 aromatic rings. The maximum Gasteiger partial charge on any atom is 0.416 e. The lowest BCUT2D eigenvalue weighted by Crippen LogP contribution is -2.30. The number of anilines is 1. The Kier molecular flexibility index (Phi) is 5.48. The number of carbonyl (C=O) groups is 2. The monoisotopic (exact) mass is 343 g/mol. The molecule has 1 fully saturated rings. The molecule has 2 rings (SSSR count). The zero-order valence-electron chi connectivity index (χ0n) is 13.5. The summed E-state index contributed by atoms with van der Waals surface area (Å²) < 4.78 is 39.1. The van der Waals surface area contributed by atoms with E-state index in [1.165, 1.54) is 13.0 Å². The van der Waals surface area contributed by atoms with Crippen molar-refractivity contribution in [3.8, 4) is 0 Å². The molecular formula is C16H20F3N3O2. The van der Waals surface area contributed by atoms with Gasteiger partial charge in [0.25, 0.3) is 5.91 Å². The number of hydrogen-bond acceptors (Lipinski definition) is 3. The van der Waals surface area contributed by atoms with Gasteiger partial charge in [-0.15, -0.1) is 0 Å². The lowest BCUT2D eigenvalue weighted by atomic mass is 10.1. The Morgan fingerprint density at radius 3 is 2.58 bits per heavy atom. The van der Waals surface area contributed by atoms with Crippen molar-refractivity contribution in [2.24, 2.45) is 5.92 Å². The van der Waals surface area contributed by atoms with Crippen molar-refractivity contribution >= 4 is 17.5 Å². The Labute approximate surface area is 138 Å². The summed E-state index contributed by atoms with van der Waals surface area (Å²) in [5, 5.41) is 5.35. The van der Waals surface area contributed by atoms with Crippen molar-refractivity contribution in [3.05, 3.63) is 29.3 Å². The Bertz CT molecular complexity index is 631. The van der Waals surface area contributed by atoms with Crippen LogP contribution in [0.25, 0.3) is 0 Å². The fourth-order valence-corrected chi connectivity index (χ4v) is 2.85. The number of alkyl halides is 3. The third kappa shape index (κ3) is 4.47. The van der Waals surface area contributed by atoms with E-state index in [9.17, 15) is 22.8 Å². The van der Waals surface area contributed by atoms with E-state index in [1.807, 2.05) is 7.05 Å². The molecular weight excluding hydrogens is 323 g/mol. The second-order valence-corrected chi connectivity index (χ2v) is 5.94. The topological polar surface area (TPSA) is 61.4 Å². The number of hydrogen-bond donors (Lipinski definition) is 2. The molecule has 0 spiro atoms. The first-order valence-corrected chi connectivity index (χ1v) is 7.64. The molecule has 1 heterocycles. The van der Waals surface area contributed by atoms with Gasteiger partial charge in [-0.1, -0.05) is 0 Å². The molecule has 0 bridgehead atoms. The fourth-order valence-electron chi connectivity index (χ4n) is 2.85. The van der Waals surface area contributed by atoms with Crippen molar-refractivity contribution in [1.82, 2.24) is 10.2 Å². The molecule has 0 saturated carbocycles. The standard InChI is InChI=1S/C16H20F3N3O2/c1-10(23)21-14-6-12(5-13(7-14)16(17,18)19)15(24)22-4-3-11(9-22)8-20-2/h5-7,11,20H,3-4,8-9H2,1-2H3,(H,21,23). The quantitative estimate of drug-likeness (QED) is 0.882. The van der Waals surface area contributed by atoms with Crippen LogP contribution < -0.4 is 10.6 Å². The maximum atomic E-state index is 13.0. The first kappa shape index (κ1) is 18.3. The van der Waals surface area contributed by atoms with Crippen molar-refractivity contribution in [3.63, 3.8) is 0 Å². The lowest BCUT2D eigenvalue weighted by Gasteiger charge is -2.18. The van der Waals surface area contributed by atoms with Gasteiger partial charge in [0.1, 0.15) is 0 Å². The second kappa shape index (κ2) is 7.21. The molecule has 132 valence electrons. The number of carbonyl (C=O) groups excluding carboxylic acids is 2. The van der Waals surface area contributed by atoms with Gasteiger partial charge in [0.15, 0.2) is 0 Å². The van der Waals surface area contributed by atoms with Crippen LogP contribution in [-0.2, 0) is 11.0 Å². The molecule has 1 atom stereocenters. The second-order valence-electron chi connectivity index (χ2n) is 5.94. The number of likely N-dealkylation sites (tertiary alicyclic amines) is 1. The molecule has 1 unspecified atom stereocenters. The highest BCUT2D eigenvalue weighted by molar-refractivity contribution is 5.97. The van der Waals surface area contributed by atoms with Gasteiger partial charge in [-0.25, -0.2) is 0 Å². The number of benzene rings is 1. The highest BCUT2D eigenvalue weighted by Gasteiger charge is 2.33. The van der Waals surface area contributed by atoms with E-state index in [-0.39, 0.29) is 11.3 Å². The number of rotatable bonds is 4. The van der Waals surface area contributed by atoms with Crippen LogP contribution in [0.5, 0.6) is 0 Å². The third-order valence-electron chi connectivity index (χ3n) is 3.89. The Balaban J connectivity index is 2.28. The van der Waals surface area contributed by atoms with Gasteiger partial charge in [0.2, 0.25) is 5.91 Å². The minimum Gasteiger partial charge on any atom is -0.338 e. The van der Waals surface area contributed by atoms with Gasteiger partial charge in [-0.2, -0.15) is 13.2 Å². The molecule has 1 aromatic carbocycles. The van der Waals surface area contributed by atoms with Crippen molar-refractivity contribution in [2.45, 2.75) is 19.5 Å². The number of amides is 2. The Morgan fingerprint density at radius 1 is 1.29 bits per heavy atom. The fraction of sp³-hybridized carbons (Fsp3) is 0.500. The molecule has 8 heteroatoms. The van der Waals surface area contributed by atoms with E-state index < -0.39 is 23.6 Å². The lowest BCUT2D eigenvalue weighted by molar-refractivity contribution is -0.137. The van der Waals surface area contributed by atoms with Crippen molar-refractivity contribution < 1.29 is 22.8 Å². The molecule has 2 amide bonds. The van der Waals surface area contributed by atoms with Gasteiger partial charge < -0.3 is 15.5 Å². The highest BCUT2D eigenvalue weighted by atomic mass is 19.4. The van der Waals surface area contributed by atoms with Crippen LogP contribution in [-0.4, -0.2) is 43.4 Å². The summed E-state index contributed by atoms with van der Waals surface area (Å²) in [6, 6.07) is 2.94. The molecule has 0 aliphatic carbocycles. The van der Waals surface area contributed by atoms with Gasteiger partial charge in [-0.05, 0) is 44.1 Å². The van der Waals surface area contributed by atoms with E-state index >= 15 is 0 Å². The summed E-state index contributed by atoms with van der Waals surface area (Å²) in [5.74, 6) is -0.658. The van der Waals surface area contributed by atoms with Crippen LogP contribution in [0, 0.1) is 5.92 Å². The van der Waals surface area contributed by atoms with Gasteiger partial charge in [-0.3, -0.25) is 9.59 Å². The van der Waals surface area contributed by atoms with Gasteiger partial charge in [0.05, 0.1) is 5.56 Å². The summed E-state index contributed by atoms with van der Waals surface area (Å²) in [7, 11) is 1.82. The summed E-state index contributed by atoms with van der Waals surface area (Å²) in [4.78, 5) is 25.2. The van der Waals surface area contributed by atoms with Crippen LogP contribution in [0.3, 0.4) is 0 Å². The molecule has 1 aliphatic rings. The summed E-state index contributed by atoms with van der Waals surface area (Å²) in [5.41, 5.74) is -1.06.